The van der Waals surface area contributed by atoms with Crippen molar-refractivity contribution in [3.05, 3.63) is 58.4 Å². The Morgan fingerprint density at radius 2 is 1.96 bits per heavy atom. The summed E-state index contributed by atoms with van der Waals surface area (Å²) in [5, 5.41) is 0.605. The fourth-order valence-electron chi connectivity index (χ4n) is 2.72. The highest BCUT2D eigenvalue weighted by atomic mass is 16.5. The van der Waals surface area contributed by atoms with E-state index in [1.807, 2.05) is 43.3 Å². The van der Waals surface area contributed by atoms with Gasteiger partial charge in [0, 0.05) is 5.56 Å². The maximum atomic E-state index is 12.2. The molecule has 0 radical (unpaired) electrons. The molecule has 3 rings (SSSR count). The first-order chi connectivity index (χ1) is 11.7. The SMILES string of the molecule is CCCCCOc1ccc(-c2nc3ccccc3c(=O)[nH]2)cc1C. The van der Waals surface area contributed by atoms with E-state index < -0.39 is 0 Å². The second-order valence-corrected chi connectivity index (χ2v) is 5.97. The third kappa shape index (κ3) is 3.48. The van der Waals surface area contributed by atoms with Gasteiger partial charge >= 0.3 is 0 Å². The molecule has 0 bridgehead atoms. The largest absolute Gasteiger partial charge is 0.493 e. The standard InChI is InChI=1S/C20H22N2O2/c1-3-4-7-12-24-18-11-10-15(13-14(18)2)19-21-17-9-6-5-8-16(17)20(23)22-19/h5-6,8-11,13H,3-4,7,12H2,1-2H3,(H,21,22,23). The third-order valence-corrected chi connectivity index (χ3v) is 4.07. The predicted octanol–water partition coefficient (Wildman–Crippen LogP) is 4.47. The van der Waals surface area contributed by atoms with E-state index in [0.29, 0.717) is 16.7 Å². The zero-order valence-electron chi connectivity index (χ0n) is 14.1. The molecular weight excluding hydrogens is 300 g/mol. The minimum Gasteiger partial charge on any atom is -0.493 e. The van der Waals surface area contributed by atoms with Crippen molar-refractivity contribution in [1.29, 1.82) is 0 Å². The van der Waals surface area contributed by atoms with Crippen LogP contribution in [0.5, 0.6) is 5.75 Å². The molecule has 0 aliphatic heterocycles. The molecule has 24 heavy (non-hydrogen) atoms. The van der Waals surface area contributed by atoms with Gasteiger partial charge in [-0.2, -0.15) is 0 Å². The van der Waals surface area contributed by atoms with Crippen LogP contribution in [0.15, 0.2) is 47.3 Å². The van der Waals surface area contributed by atoms with E-state index in [1.54, 1.807) is 6.07 Å². The highest BCUT2D eigenvalue weighted by molar-refractivity contribution is 5.79. The number of benzene rings is 2. The van der Waals surface area contributed by atoms with Crippen LogP contribution in [0.3, 0.4) is 0 Å². The molecule has 0 fully saturated rings. The van der Waals surface area contributed by atoms with Crippen molar-refractivity contribution in [2.24, 2.45) is 0 Å². The lowest BCUT2D eigenvalue weighted by Crippen LogP contribution is -2.09. The second-order valence-electron chi connectivity index (χ2n) is 5.97. The fourth-order valence-corrected chi connectivity index (χ4v) is 2.72. The van der Waals surface area contributed by atoms with Gasteiger partial charge in [-0.15, -0.1) is 0 Å². The van der Waals surface area contributed by atoms with Crippen molar-refractivity contribution < 1.29 is 4.74 Å². The molecule has 0 aliphatic carbocycles. The molecule has 0 aliphatic rings. The summed E-state index contributed by atoms with van der Waals surface area (Å²) in [5.74, 6) is 1.47. The van der Waals surface area contributed by atoms with Crippen LogP contribution in [0.4, 0.5) is 0 Å². The first kappa shape index (κ1) is 16.2. The predicted molar refractivity (Wildman–Crippen MR) is 97.6 cm³/mol. The molecule has 124 valence electrons. The summed E-state index contributed by atoms with van der Waals surface area (Å²) in [6.45, 7) is 4.92. The van der Waals surface area contributed by atoms with Crippen LogP contribution < -0.4 is 10.3 Å². The average molecular weight is 322 g/mol. The average Bonchev–Trinajstić information content (AvgIpc) is 2.60. The third-order valence-electron chi connectivity index (χ3n) is 4.07. The van der Waals surface area contributed by atoms with Gasteiger partial charge in [0.25, 0.3) is 5.56 Å². The zero-order chi connectivity index (χ0) is 16.9. The summed E-state index contributed by atoms with van der Waals surface area (Å²) in [5.41, 5.74) is 2.51. The Kier molecular flexibility index (Phi) is 4.94. The topological polar surface area (TPSA) is 55.0 Å². The number of aryl methyl sites for hydroxylation is 1. The number of fused-ring (bicyclic) bond motifs is 1. The van der Waals surface area contributed by atoms with E-state index >= 15 is 0 Å². The van der Waals surface area contributed by atoms with Crippen LogP contribution in [0.2, 0.25) is 0 Å². The number of hydrogen-bond acceptors (Lipinski definition) is 3. The van der Waals surface area contributed by atoms with Gasteiger partial charge in [-0.05, 0) is 49.2 Å². The summed E-state index contributed by atoms with van der Waals surface area (Å²) >= 11 is 0. The van der Waals surface area contributed by atoms with Crippen LogP contribution >= 0.6 is 0 Å². The second kappa shape index (κ2) is 7.30. The number of ether oxygens (including phenoxy) is 1. The van der Waals surface area contributed by atoms with E-state index in [9.17, 15) is 4.79 Å². The van der Waals surface area contributed by atoms with Crippen molar-refractivity contribution in [3.8, 4) is 17.1 Å². The van der Waals surface area contributed by atoms with Gasteiger partial charge < -0.3 is 9.72 Å². The maximum absolute atomic E-state index is 12.2. The molecular formula is C20H22N2O2. The normalized spacial score (nSPS) is 10.9. The van der Waals surface area contributed by atoms with Crippen LogP contribution in [-0.4, -0.2) is 16.6 Å². The number of H-pyrrole nitrogens is 1. The molecule has 4 heteroatoms. The molecule has 0 saturated carbocycles. The Hall–Kier alpha value is -2.62. The smallest absolute Gasteiger partial charge is 0.259 e. The number of aromatic amines is 1. The zero-order valence-corrected chi connectivity index (χ0v) is 14.1. The Morgan fingerprint density at radius 1 is 1.12 bits per heavy atom. The van der Waals surface area contributed by atoms with Gasteiger partial charge in [0.05, 0.1) is 17.5 Å². The Bertz CT molecular complexity index is 900. The molecule has 3 aromatic rings. The molecule has 0 saturated heterocycles. The highest BCUT2D eigenvalue weighted by Crippen LogP contribution is 2.24. The lowest BCUT2D eigenvalue weighted by Gasteiger charge is -2.10. The maximum Gasteiger partial charge on any atom is 0.259 e. The molecule has 0 spiro atoms. The summed E-state index contributed by atoms with van der Waals surface area (Å²) in [6, 6.07) is 13.3. The summed E-state index contributed by atoms with van der Waals surface area (Å²) < 4.78 is 5.83. The highest BCUT2D eigenvalue weighted by Gasteiger charge is 2.08. The lowest BCUT2D eigenvalue weighted by atomic mass is 10.1. The van der Waals surface area contributed by atoms with Crippen molar-refractivity contribution in [3.63, 3.8) is 0 Å². The monoisotopic (exact) mass is 322 g/mol. The number of hydrogen-bond donors (Lipinski definition) is 1. The number of aromatic nitrogens is 2. The van der Waals surface area contributed by atoms with Crippen molar-refractivity contribution in [2.75, 3.05) is 6.61 Å². The van der Waals surface area contributed by atoms with Crippen molar-refractivity contribution in [1.82, 2.24) is 9.97 Å². The Balaban J connectivity index is 1.87. The van der Waals surface area contributed by atoms with Crippen LogP contribution in [0.1, 0.15) is 31.7 Å². The van der Waals surface area contributed by atoms with Gasteiger partial charge in [0.15, 0.2) is 0 Å². The van der Waals surface area contributed by atoms with Gasteiger partial charge in [-0.3, -0.25) is 4.79 Å². The number of rotatable bonds is 6. The van der Waals surface area contributed by atoms with Crippen molar-refractivity contribution >= 4 is 10.9 Å². The molecule has 2 aromatic carbocycles. The minimum atomic E-state index is -0.117. The minimum absolute atomic E-state index is 0.117. The number of nitrogens with one attached hydrogen (secondary N) is 1. The summed E-state index contributed by atoms with van der Waals surface area (Å²) in [6.07, 6.45) is 3.43. The van der Waals surface area contributed by atoms with Crippen molar-refractivity contribution in [2.45, 2.75) is 33.1 Å². The summed E-state index contributed by atoms with van der Waals surface area (Å²) in [4.78, 5) is 19.6. The quantitative estimate of drug-likeness (QED) is 0.681. The molecule has 1 aromatic heterocycles. The van der Waals surface area contributed by atoms with Gasteiger partial charge in [-0.1, -0.05) is 31.9 Å². The van der Waals surface area contributed by atoms with Gasteiger partial charge in [0.1, 0.15) is 11.6 Å². The van der Waals surface area contributed by atoms with E-state index in [2.05, 4.69) is 16.9 Å². The van der Waals surface area contributed by atoms with Crippen LogP contribution in [-0.2, 0) is 0 Å². The molecule has 0 unspecified atom stereocenters. The van der Waals surface area contributed by atoms with Crippen LogP contribution in [0, 0.1) is 6.92 Å². The molecule has 0 amide bonds. The molecule has 0 atom stereocenters. The lowest BCUT2D eigenvalue weighted by molar-refractivity contribution is 0.304. The first-order valence-electron chi connectivity index (χ1n) is 8.42. The first-order valence-corrected chi connectivity index (χ1v) is 8.42. The molecule has 1 N–H and O–H groups in total. The Labute approximate surface area is 141 Å². The van der Waals surface area contributed by atoms with Gasteiger partial charge in [-0.25, -0.2) is 4.98 Å². The summed E-state index contributed by atoms with van der Waals surface area (Å²) in [7, 11) is 0. The van der Waals surface area contributed by atoms with E-state index in [1.165, 1.54) is 12.8 Å². The van der Waals surface area contributed by atoms with E-state index in [-0.39, 0.29) is 5.56 Å². The molecule has 1 heterocycles. The number of nitrogens with zero attached hydrogens (tertiary/aromatic N) is 1. The number of unbranched alkanes of at least 4 members (excludes halogenated alkanes) is 2. The Morgan fingerprint density at radius 3 is 2.75 bits per heavy atom. The fraction of sp³-hybridized carbons (Fsp3) is 0.300. The van der Waals surface area contributed by atoms with Gasteiger partial charge in [0.2, 0.25) is 0 Å². The molecule has 4 nitrogen and oxygen atoms in total. The van der Waals surface area contributed by atoms with Crippen LogP contribution in [0.25, 0.3) is 22.3 Å². The van der Waals surface area contributed by atoms with E-state index in [0.717, 1.165) is 29.9 Å². The number of para-hydroxylation sites is 1. The van der Waals surface area contributed by atoms with E-state index in [4.69, 9.17) is 4.74 Å².